The first-order chi connectivity index (χ1) is 9.24. The van der Waals surface area contributed by atoms with E-state index in [4.69, 9.17) is 10.8 Å². The molecular formula is C13H17BrN2O3S. The van der Waals surface area contributed by atoms with Gasteiger partial charge in [0.1, 0.15) is 6.04 Å². The van der Waals surface area contributed by atoms with Crippen molar-refractivity contribution in [3.05, 3.63) is 28.7 Å². The van der Waals surface area contributed by atoms with Crippen molar-refractivity contribution in [2.45, 2.75) is 24.6 Å². The molecule has 110 valence electrons. The molecule has 0 spiro atoms. The lowest BCUT2D eigenvalue weighted by atomic mass is 10.1. The van der Waals surface area contributed by atoms with Crippen LogP contribution in [0.1, 0.15) is 13.8 Å². The van der Waals surface area contributed by atoms with E-state index in [1.165, 1.54) is 11.8 Å². The summed E-state index contributed by atoms with van der Waals surface area (Å²) in [5.74, 6) is -1.14. The standard InChI is InChI=1S/C13H17BrN2O3S/c1-13(2,11(15)12(18)19)20-7-10(17)16-9-6-4-3-5-8(9)14/h3-6,11H,7,15H2,1-2H3,(H,16,17)(H,18,19)/t11-/m1/s1. The summed E-state index contributed by atoms with van der Waals surface area (Å²) in [4.78, 5) is 22.7. The normalized spacial score (nSPS) is 12.8. The molecule has 20 heavy (non-hydrogen) atoms. The number of halogens is 1. The largest absolute Gasteiger partial charge is 0.480 e. The first kappa shape index (κ1) is 17.0. The Kier molecular flexibility index (Phi) is 6.04. The third-order valence-electron chi connectivity index (χ3n) is 2.74. The van der Waals surface area contributed by atoms with Gasteiger partial charge in [-0.2, -0.15) is 0 Å². The smallest absolute Gasteiger partial charge is 0.321 e. The van der Waals surface area contributed by atoms with Crippen LogP contribution < -0.4 is 11.1 Å². The second-order valence-corrected chi connectivity index (χ2v) is 7.22. The minimum Gasteiger partial charge on any atom is -0.480 e. The number of hydrogen-bond acceptors (Lipinski definition) is 4. The van der Waals surface area contributed by atoms with Gasteiger partial charge in [-0.25, -0.2) is 0 Å². The molecule has 0 unspecified atom stereocenters. The number of carboxylic acids is 1. The lowest BCUT2D eigenvalue weighted by Crippen LogP contribution is -2.47. The summed E-state index contributed by atoms with van der Waals surface area (Å²) in [5, 5.41) is 11.7. The fourth-order valence-electron chi connectivity index (χ4n) is 1.39. The van der Waals surface area contributed by atoms with E-state index in [0.29, 0.717) is 5.69 Å². The van der Waals surface area contributed by atoms with Gasteiger partial charge < -0.3 is 16.2 Å². The third kappa shape index (κ3) is 4.81. The molecule has 1 aromatic rings. The van der Waals surface area contributed by atoms with Crippen molar-refractivity contribution in [2.24, 2.45) is 5.73 Å². The number of nitrogens with one attached hydrogen (secondary N) is 1. The number of benzene rings is 1. The highest BCUT2D eigenvalue weighted by atomic mass is 79.9. The van der Waals surface area contributed by atoms with E-state index in [1.807, 2.05) is 18.2 Å². The van der Waals surface area contributed by atoms with Gasteiger partial charge in [0.2, 0.25) is 5.91 Å². The van der Waals surface area contributed by atoms with Crippen molar-refractivity contribution in [3.63, 3.8) is 0 Å². The van der Waals surface area contributed by atoms with Crippen LogP contribution in [-0.4, -0.2) is 33.5 Å². The molecule has 0 bridgehead atoms. The van der Waals surface area contributed by atoms with Crippen LogP contribution in [0.15, 0.2) is 28.7 Å². The van der Waals surface area contributed by atoms with E-state index in [2.05, 4.69) is 21.2 Å². The Bertz CT molecular complexity index is 508. The summed E-state index contributed by atoms with van der Waals surface area (Å²) in [6.45, 7) is 3.42. The van der Waals surface area contributed by atoms with Gasteiger partial charge in [0.25, 0.3) is 0 Å². The van der Waals surface area contributed by atoms with Crippen LogP contribution in [0.25, 0.3) is 0 Å². The maximum atomic E-state index is 11.9. The molecule has 0 radical (unpaired) electrons. The molecule has 7 heteroatoms. The van der Waals surface area contributed by atoms with Crippen LogP contribution in [0.4, 0.5) is 5.69 Å². The fourth-order valence-corrected chi connectivity index (χ4v) is 2.63. The van der Waals surface area contributed by atoms with Gasteiger partial charge in [-0.1, -0.05) is 12.1 Å². The minimum atomic E-state index is -1.08. The van der Waals surface area contributed by atoms with Gasteiger partial charge in [0, 0.05) is 9.22 Å². The zero-order valence-electron chi connectivity index (χ0n) is 11.2. The number of carboxylic acid groups (broad SMARTS) is 1. The summed E-state index contributed by atoms with van der Waals surface area (Å²) in [5.41, 5.74) is 6.28. The van der Waals surface area contributed by atoms with E-state index in [-0.39, 0.29) is 11.7 Å². The zero-order chi connectivity index (χ0) is 15.3. The number of carbonyl (C=O) groups excluding carboxylic acids is 1. The lowest BCUT2D eigenvalue weighted by molar-refractivity contribution is -0.139. The Morgan fingerprint density at radius 2 is 2.05 bits per heavy atom. The van der Waals surface area contributed by atoms with E-state index < -0.39 is 16.8 Å². The van der Waals surface area contributed by atoms with Gasteiger partial charge in [0.15, 0.2) is 0 Å². The Morgan fingerprint density at radius 3 is 2.60 bits per heavy atom. The molecule has 0 fully saturated rings. The summed E-state index contributed by atoms with van der Waals surface area (Å²) in [6.07, 6.45) is 0. The Morgan fingerprint density at radius 1 is 1.45 bits per heavy atom. The number of amides is 1. The molecule has 1 amide bonds. The summed E-state index contributed by atoms with van der Waals surface area (Å²) >= 11 is 4.55. The van der Waals surface area contributed by atoms with E-state index in [9.17, 15) is 9.59 Å². The number of anilines is 1. The van der Waals surface area contributed by atoms with E-state index in [1.54, 1.807) is 19.9 Å². The van der Waals surface area contributed by atoms with Crippen molar-refractivity contribution in [1.82, 2.24) is 0 Å². The molecule has 4 N–H and O–H groups in total. The van der Waals surface area contributed by atoms with Crippen LogP contribution >= 0.6 is 27.7 Å². The van der Waals surface area contributed by atoms with E-state index >= 15 is 0 Å². The van der Waals surface area contributed by atoms with Crippen molar-refractivity contribution in [1.29, 1.82) is 0 Å². The number of carbonyl (C=O) groups is 2. The van der Waals surface area contributed by atoms with Gasteiger partial charge in [0.05, 0.1) is 11.4 Å². The maximum absolute atomic E-state index is 11.9. The quantitative estimate of drug-likeness (QED) is 0.723. The molecule has 5 nitrogen and oxygen atoms in total. The fraction of sp³-hybridized carbons (Fsp3) is 0.385. The van der Waals surface area contributed by atoms with Crippen molar-refractivity contribution in [2.75, 3.05) is 11.1 Å². The number of hydrogen-bond donors (Lipinski definition) is 3. The SMILES string of the molecule is CC(C)(SCC(=O)Nc1ccccc1Br)[C@H](N)C(=O)O. The first-order valence-electron chi connectivity index (χ1n) is 5.91. The topological polar surface area (TPSA) is 92.4 Å². The highest BCUT2D eigenvalue weighted by Gasteiger charge is 2.33. The lowest BCUT2D eigenvalue weighted by Gasteiger charge is -2.27. The van der Waals surface area contributed by atoms with Crippen LogP contribution in [0.3, 0.4) is 0 Å². The third-order valence-corrected chi connectivity index (χ3v) is 4.83. The predicted molar refractivity (Wildman–Crippen MR) is 84.9 cm³/mol. The van der Waals surface area contributed by atoms with Gasteiger partial charge in [-0.05, 0) is 41.9 Å². The number of aliphatic carboxylic acids is 1. The number of rotatable bonds is 6. The molecule has 0 aliphatic heterocycles. The van der Waals surface area contributed by atoms with Gasteiger partial charge in [-0.3, -0.25) is 9.59 Å². The predicted octanol–water partition coefficient (Wildman–Crippen LogP) is 2.31. The number of thioether (sulfide) groups is 1. The van der Waals surface area contributed by atoms with Crippen LogP contribution in [-0.2, 0) is 9.59 Å². The Balaban J connectivity index is 2.56. The Hall–Kier alpha value is -1.05. The molecule has 0 saturated heterocycles. The molecule has 0 aliphatic carbocycles. The monoisotopic (exact) mass is 360 g/mol. The highest BCUT2D eigenvalue weighted by molar-refractivity contribution is 9.10. The Labute approximate surface area is 130 Å². The highest BCUT2D eigenvalue weighted by Crippen LogP contribution is 2.28. The molecule has 0 heterocycles. The van der Waals surface area contributed by atoms with Crippen LogP contribution in [0.5, 0.6) is 0 Å². The zero-order valence-corrected chi connectivity index (χ0v) is 13.6. The van der Waals surface area contributed by atoms with Gasteiger partial charge in [-0.15, -0.1) is 11.8 Å². The maximum Gasteiger partial charge on any atom is 0.321 e. The minimum absolute atomic E-state index is 0.134. The summed E-state index contributed by atoms with van der Waals surface area (Å²) in [7, 11) is 0. The molecule has 1 rings (SSSR count). The molecule has 1 atom stereocenters. The molecule has 0 aliphatic rings. The van der Waals surface area contributed by atoms with Crippen LogP contribution in [0.2, 0.25) is 0 Å². The van der Waals surface area contributed by atoms with Gasteiger partial charge >= 0.3 is 5.97 Å². The molecular weight excluding hydrogens is 344 g/mol. The summed E-state index contributed by atoms with van der Waals surface area (Å²) < 4.78 is 0.0664. The summed E-state index contributed by atoms with van der Waals surface area (Å²) in [6, 6.07) is 6.25. The molecule has 0 saturated carbocycles. The molecule has 0 aromatic heterocycles. The van der Waals surface area contributed by atoms with Crippen molar-refractivity contribution >= 4 is 45.3 Å². The second-order valence-electron chi connectivity index (χ2n) is 4.74. The second kappa shape index (κ2) is 7.10. The molecule has 1 aromatic carbocycles. The van der Waals surface area contributed by atoms with E-state index in [0.717, 1.165) is 4.47 Å². The number of para-hydroxylation sites is 1. The van der Waals surface area contributed by atoms with Crippen LogP contribution in [0, 0.1) is 0 Å². The van der Waals surface area contributed by atoms with Crippen molar-refractivity contribution < 1.29 is 14.7 Å². The average molecular weight is 361 g/mol. The average Bonchev–Trinajstić information content (AvgIpc) is 2.38. The first-order valence-corrected chi connectivity index (χ1v) is 7.68. The van der Waals surface area contributed by atoms with Crippen molar-refractivity contribution in [3.8, 4) is 0 Å². The number of nitrogens with two attached hydrogens (primary N) is 1.